The molecule has 3 N–H and O–H groups in total. The maximum absolute atomic E-state index is 12.5. The van der Waals surface area contributed by atoms with Crippen LogP contribution >= 0.6 is 0 Å². The lowest BCUT2D eigenvalue weighted by atomic mass is 10.3. The monoisotopic (exact) mass is 293 g/mol. The predicted octanol–water partition coefficient (Wildman–Crippen LogP) is 0.583. The van der Waals surface area contributed by atoms with Crippen LogP contribution in [0.1, 0.15) is 5.56 Å². The van der Waals surface area contributed by atoms with Crippen molar-refractivity contribution in [3.8, 4) is 0 Å². The van der Waals surface area contributed by atoms with E-state index in [4.69, 9.17) is 5.84 Å². The zero-order valence-corrected chi connectivity index (χ0v) is 11.7. The number of rotatable bonds is 5. The number of hydrogen-bond donors (Lipinski definition) is 2. The van der Waals surface area contributed by atoms with Gasteiger partial charge in [-0.25, -0.2) is 8.42 Å². The number of anilines is 1. The lowest BCUT2D eigenvalue weighted by molar-refractivity contribution is 0.466. The zero-order chi connectivity index (χ0) is 14.6. The summed E-state index contributed by atoms with van der Waals surface area (Å²) in [5.74, 6) is 5.33. The second-order valence-electron chi connectivity index (χ2n) is 4.14. The van der Waals surface area contributed by atoms with Crippen molar-refractivity contribution in [2.45, 2.75) is 11.4 Å². The van der Waals surface area contributed by atoms with E-state index < -0.39 is 10.0 Å². The Kier molecular flexibility index (Phi) is 4.28. The molecule has 2 aromatic rings. The first-order valence-electron chi connectivity index (χ1n) is 5.81. The van der Waals surface area contributed by atoms with Crippen LogP contribution in [-0.2, 0) is 16.6 Å². The molecule has 106 valence electrons. The summed E-state index contributed by atoms with van der Waals surface area (Å²) in [5.41, 5.74) is 3.46. The van der Waals surface area contributed by atoms with Crippen molar-refractivity contribution in [3.63, 3.8) is 0 Å². The fraction of sp³-hybridized carbons (Fsp3) is 0.167. The van der Waals surface area contributed by atoms with Crippen LogP contribution in [0.3, 0.4) is 0 Å². The van der Waals surface area contributed by atoms with Gasteiger partial charge in [0, 0.05) is 38.4 Å². The van der Waals surface area contributed by atoms with Gasteiger partial charge in [-0.1, -0.05) is 6.07 Å². The third-order valence-corrected chi connectivity index (χ3v) is 4.59. The minimum atomic E-state index is -3.68. The number of hydrogen-bond acceptors (Lipinski definition) is 6. The summed E-state index contributed by atoms with van der Waals surface area (Å²) in [6.07, 6.45) is 5.99. The van der Waals surface area contributed by atoms with Gasteiger partial charge >= 0.3 is 0 Å². The maximum Gasteiger partial charge on any atom is 0.246 e. The molecule has 8 heteroatoms. The van der Waals surface area contributed by atoms with E-state index in [0.29, 0.717) is 5.69 Å². The van der Waals surface area contributed by atoms with Gasteiger partial charge < -0.3 is 5.43 Å². The van der Waals surface area contributed by atoms with Crippen molar-refractivity contribution in [2.24, 2.45) is 5.84 Å². The Bertz CT molecular complexity index is 675. The minimum Gasteiger partial charge on any atom is -0.323 e. The van der Waals surface area contributed by atoms with E-state index in [1.807, 2.05) is 6.07 Å². The molecule has 0 amide bonds. The van der Waals surface area contributed by atoms with Crippen LogP contribution in [0, 0.1) is 0 Å². The van der Waals surface area contributed by atoms with Crippen LogP contribution in [0.2, 0.25) is 0 Å². The van der Waals surface area contributed by atoms with Gasteiger partial charge in [0.1, 0.15) is 4.90 Å². The van der Waals surface area contributed by atoms with E-state index in [1.54, 1.807) is 18.5 Å². The largest absolute Gasteiger partial charge is 0.323 e. The Balaban J connectivity index is 2.30. The SMILES string of the molecule is CN(Cc1cccnc1)S(=O)(=O)c1cnccc1NN. The second-order valence-corrected chi connectivity index (χ2v) is 6.15. The first-order valence-corrected chi connectivity index (χ1v) is 7.25. The standard InChI is InChI=1S/C12H15N5O2S/c1-17(9-10-3-2-5-14-7-10)20(18,19)12-8-15-6-4-11(12)16-13/h2-8H,9,13H2,1H3,(H,15,16). The molecule has 0 saturated carbocycles. The number of hydrazine groups is 1. The molecule has 0 aliphatic carbocycles. The molecule has 20 heavy (non-hydrogen) atoms. The number of nitrogen functional groups attached to an aromatic ring is 1. The lowest BCUT2D eigenvalue weighted by Crippen LogP contribution is -2.28. The first-order chi connectivity index (χ1) is 9.55. The van der Waals surface area contributed by atoms with Crippen LogP contribution in [0.15, 0.2) is 47.9 Å². The van der Waals surface area contributed by atoms with E-state index in [-0.39, 0.29) is 11.4 Å². The highest BCUT2D eigenvalue weighted by Crippen LogP contribution is 2.22. The topological polar surface area (TPSA) is 101 Å². The molecular weight excluding hydrogens is 278 g/mol. The van der Waals surface area contributed by atoms with E-state index in [0.717, 1.165) is 5.56 Å². The van der Waals surface area contributed by atoms with E-state index >= 15 is 0 Å². The molecule has 0 fully saturated rings. The van der Waals surface area contributed by atoms with E-state index in [9.17, 15) is 8.42 Å². The molecule has 0 radical (unpaired) electrons. The Hall–Kier alpha value is -2.03. The summed E-state index contributed by atoms with van der Waals surface area (Å²) in [5, 5.41) is 0. The fourth-order valence-corrected chi connectivity index (χ4v) is 2.96. The van der Waals surface area contributed by atoms with Crippen molar-refractivity contribution < 1.29 is 8.42 Å². The van der Waals surface area contributed by atoms with Gasteiger partial charge in [0.2, 0.25) is 10.0 Å². The summed E-state index contributed by atoms with van der Waals surface area (Å²) >= 11 is 0. The molecule has 0 aromatic carbocycles. The predicted molar refractivity (Wildman–Crippen MR) is 74.9 cm³/mol. The Morgan fingerprint density at radius 2 is 2.00 bits per heavy atom. The normalized spacial score (nSPS) is 11.6. The molecular formula is C12H15N5O2S. The van der Waals surface area contributed by atoms with Gasteiger partial charge in [0.05, 0.1) is 5.69 Å². The van der Waals surface area contributed by atoms with Gasteiger partial charge in [-0.2, -0.15) is 4.31 Å². The third kappa shape index (κ3) is 2.93. The quantitative estimate of drug-likeness (QED) is 0.618. The average Bonchev–Trinajstić information content (AvgIpc) is 2.48. The Morgan fingerprint density at radius 3 is 2.65 bits per heavy atom. The fourth-order valence-electron chi connectivity index (χ4n) is 1.71. The highest BCUT2D eigenvalue weighted by Gasteiger charge is 2.24. The van der Waals surface area contributed by atoms with Gasteiger partial charge in [-0.3, -0.25) is 15.8 Å². The van der Waals surface area contributed by atoms with Gasteiger partial charge in [0.15, 0.2) is 0 Å². The van der Waals surface area contributed by atoms with Crippen LogP contribution in [0.4, 0.5) is 5.69 Å². The van der Waals surface area contributed by atoms with Crippen molar-refractivity contribution >= 4 is 15.7 Å². The third-order valence-electron chi connectivity index (χ3n) is 2.76. The number of nitrogens with zero attached hydrogens (tertiary/aromatic N) is 3. The van der Waals surface area contributed by atoms with Gasteiger partial charge in [-0.05, 0) is 17.7 Å². The van der Waals surface area contributed by atoms with Crippen molar-refractivity contribution in [3.05, 3.63) is 48.5 Å². The van der Waals surface area contributed by atoms with Crippen LogP contribution in [0.25, 0.3) is 0 Å². The number of sulfonamides is 1. The number of pyridine rings is 2. The molecule has 7 nitrogen and oxygen atoms in total. The maximum atomic E-state index is 12.5. The number of aromatic nitrogens is 2. The Labute approximate surface area is 117 Å². The van der Waals surface area contributed by atoms with Gasteiger partial charge in [-0.15, -0.1) is 0 Å². The molecule has 0 aliphatic heterocycles. The first kappa shape index (κ1) is 14.4. The molecule has 0 aliphatic rings. The van der Waals surface area contributed by atoms with Crippen molar-refractivity contribution in [1.29, 1.82) is 0 Å². The molecule has 2 rings (SSSR count). The summed E-state index contributed by atoms with van der Waals surface area (Å²) in [6.45, 7) is 0.217. The summed E-state index contributed by atoms with van der Waals surface area (Å²) < 4.78 is 26.2. The molecule has 2 heterocycles. The van der Waals surface area contributed by atoms with E-state index in [1.165, 1.54) is 29.8 Å². The lowest BCUT2D eigenvalue weighted by Gasteiger charge is -2.18. The molecule has 0 saturated heterocycles. The van der Waals surface area contributed by atoms with Crippen LogP contribution in [-0.4, -0.2) is 29.7 Å². The minimum absolute atomic E-state index is 0.0360. The molecule has 0 atom stereocenters. The van der Waals surface area contributed by atoms with Crippen molar-refractivity contribution in [2.75, 3.05) is 12.5 Å². The molecule has 0 bridgehead atoms. The highest BCUT2D eigenvalue weighted by molar-refractivity contribution is 7.89. The van der Waals surface area contributed by atoms with Crippen LogP contribution in [0.5, 0.6) is 0 Å². The summed E-state index contributed by atoms with van der Waals surface area (Å²) in [4.78, 5) is 7.83. The Morgan fingerprint density at radius 1 is 1.25 bits per heavy atom. The summed E-state index contributed by atoms with van der Waals surface area (Å²) in [6, 6.07) is 5.07. The van der Waals surface area contributed by atoms with Gasteiger partial charge in [0.25, 0.3) is 0 Å². The zero-order valence-electron chi connectivity index (χ0n) is 10.9. The number of nitrogens with one attached hydrogen (secondary N) is 1. The van der Waals surface area contributed by atoms with Crippen LogP contribution < -0.4 is 11.3 Å². The smallest absolute Gasteiger partial charge is 0.246 e. The van der Waals surface area contributed by atoms with Crippen molar-refractivity contribution in [1.82, 2.24) is 14.3 Å². The second kappa shape index (κ2) is 5.95. The average molecular weight is 293 g/mol. The highest BCUT2D eigenvalue weighted by atomic mass is 32.2. The molecule has 0 spiro atoms. The van der Waals surface area contributed by atoms with E-state index in [2.05, 4.69) is 15.4 Å². The molecule has 2 aromatic heterocycles. The molecule has 0 unspecified atom stereocenters. The summed E-state index contributed by atoms with van der Waals surface area (Å²) in [7, 11) is -2.18. The number of nitrogens with two attached hydrogens (primary N) is 1.